The molecule has 0 saturated carbocycles. The number of amides is 1. The highest BCUT2D eigenvalue weighted by Crippen LogP contribution is 2.34. The molecule has 1 N–H and O–H groups in total. The quantitative estimate of drug-likeness (QED) is 0.435. The second kappa shape index (κ2) is 8.66. The van der Waals surface area contributed by atoms with Gasteiger partial charge >= 0.3 is 11.9 Å². The maximum atomic E-state index is 12.8. The molecule has 0 aliphatic carbocycles. The van der Waals surface area contributed by atoms with E-state index in [1.54, 1.807) is 17.4 Å². The van der Waals surface area contributed by atoms with Crippen molar-refractivity contribution in [2.45, 2.75) is 0 Å². The number of esters is 2. The summed E-state index contributed by atoms with van der Waals surface area (Å²) in [4.78, 5) is 42.6. The van der Waals surface area contributed by atoms with E-state index in [1.807, 2.05) is 30.3 Å². The molecule has 0 aliphatic rings. The zero-order chi connectivity index (χ0) is 22.0. The van der Waals surface area contributed by atoms with Crippen LogP contribution in [0, 0.1) is 0 Å². The monoisotopic (exact) mass is 452 g/mol. The van der Waals surface area contributed by atoms with Crippen LogP contribution in [-0.4, -0.2) is 37.0 Å². The number of ether oxygens (including phenoxy) is 2. The molecule has 0 fully saturated rings. The number of benzene rings is 2. The fraction of sp³-hybridized carbons (Fsp3) is 0.0909. The zero-order valence-electron chi connectivity index (χ0n) is 16.5. The van der Waals surface area contributed by atoms with E-state index in [-0.39, 0.29) is 22.7 Å². The highest BCUT2D eigenvalue weighted by molar-refractivity contribution is 7.26. The maximum absolute atomic E-state index is 12.8. The van der Waals surface area contributed by atoms with Crippen LogP contribution in [-0.2, 0) is 9.47 Å². The summed E-state index contributed by atoms with van der Waals surface area (Å²) >= 11 is 2.87. The van der Waals surface area contributed by atoms with Crippen LogP contribution in [0.5, 0.6) is 0 Å². The van der Waals surface area contributed by atoms with Crippen molar-refractivity contribution in [3.63, 3.8) is 0 Å². The van der Waals surface area contributed by atoms with Crippen LogP contribution in [0.3, 0.4) is 0 Å². The summed E-state index contributed by atoms with van der Waals surface area (Å²) < 4.78 is 10.5. The van der Waals surface area contributed by atoms with Gasteiger partial charge in [-0.1, -0.05) is 12.1 Å². The molecule has 0 unspecified atom stereocenters. The van der Waals surface area contributed by atoms with E-state index in [2.05, 4.69) is 10.3 Å². The zero-order valence-corrected chi connectivity index (χ0v) is 18.1. The molecule has 0 spiro atoms. The van der Waals surface area contributed by atoms with E-state index in [0.29, 0.717) is 4.88 Å². The Hall–Kier alpha value is -3.56. The smallest absolute Gasteiger partial charge is 0.337 e. The molecule has 7 nitrogen and oxygen atoms in total. The fourth-order valence-corrected chi connectivity index (χ4v) is 4.84. The van der Waals surface area contributed by atoms with Crippen LogP contribution in [0.4, 0.5) is 5.69 Å². The number of hydrogen-bond donors (Lipinski definition) is 1. The SMILES string of the molecule is COC(=O)c1cc(NC(=O)c2ccc(-c3nc4ccccc4s3)s2)cc(C(=O)OC)c1. The summed E-state index contributed by atoms with van der Waals surface area (Å²) in [5, 5.41) is 3.57. The first-order valence-corrected chi connectivity index (χ1v) is 10.7. The van der Waals surface area contributed by atoms with Crippen LogP contribution in [0.2, 0.25) is 0 Å². The van der Waals surface area contributed by atoms with E-state index in [4.69, 9.17) is 9.47 Å². The number of nitrogens with zero attached hydrogens (tertiary/aromatic N) is 1. The third-order valence-corrected chi connectivity index (χ3v) is 6.66. The third kappa shape index (κ3) is 4.32. The Bertz CT molecular complexity index is 1240. The second-order valence-electron chi connectivity index (χ2n) is 6.39. The van der Waals surface area contributed by atoms with Gasteiger partial charge in [0.15, 0.2) is 0 Å². The predicted octanol–water partition coefficient (Wildman–Crippen LogP) is 4.85. The molecule has 4 aromatic rings. The number of methoxy groups -OCH3 is 2. The Kier molecular flexibility index (Phi) is 5.79. The van der Waals surface area contributed by atoms with E-state index in [0.717, 1.165) is 20.1 Å². The molecule has 2 aromatic heterocycles. The van der Waals surface area contributed by atoms with Gasteiger partial charge in [0.2, 0.25) is 0 Å². The van der Waals surface area contributed by atoms with Crippen LogP contribution >= 0.6 is 22.7 Å². The largest absolute Gasteiger partial charge is 0.465 e. The van der Waals surface area contributed by atoms with Gasteiger partial charge < -0.3 is 14.8 Å². The molecule has 9 heteroatoms. The lowest BCUT2D eigenvalue weighted by Gasteiger charge is -2.09. The van der Waals surface area contributed by atoms with Gasteiger partial charge in [-0.15, -0.1) is 22.7 Å². The summed E-state index contributed by atoms with van der Waals surface area (Å²) in [5.74, 6) is -1.62. The number of anilines is 1. The summed E-state index contributed by atoms with van der Waals surface area (Å²) in [7, 11) is 2.47. The average Bonchev–Trinajstić information content (AvgIpc) is 3.44. The standard InChI is InChI=1S/C22H16N2O5S2/c1-28-21(26)12-9-13(22(27)29-2)11-14(10-12)23-19(25)17-7-8-18(30-17)20-24-15-5-3-4-6-16(15)31-20/h3-11H,1-2H3,(H,23,25). The van der Waals surface area contributed by atoms with Gasteiger partial charge in [-0.25, -0.2) is 14.6 Å². The lowest BCUT2D eigenvalue weighted by molar-refractivity contribution is 0.0599. The number of nitrogens with one attached hydrogen (secondary N) is 1. The van der Waals surface area contributed by atoms with Crippen molar-refractivity contribution in [3.8, 4) is 9.88 Å². The molecule has 0 radical (unpaired) electrons. The Labute approximate surface area is 185 Å². The number of thiazole rings is 1. The average molecular weight is 453 g/mol. The molecule has 31 heavy (non-hydrogen) atoms. The van der Waals surface area contributed by atoms with Crippen LogP contribution < -0.4 is 5.32 Å². The lowest BCUT2D eigenvalue weighted by atomic mass is 10.1. The Balaban J connectivity index is 1.59. The van der Waals surface area contributed by atoms with Crippen molar-refractivity contribution in [2.24, 2.45) is 0 Å². The highest BCUT2D eigenvalue weighted by Gasteiger charge is 2.17. The third-order valence-electron chi connectivity index (χ3n) is 4.37. The van der Waals surface area contributed by atoms with Crippen molar-refractivity contribution in [2.75, 3.05) is 19.5 Å². The minimum Gasteiger partial charge on any atom is -0.465 e. The molecular weight excluding hydrogens is 436 g/mol. The number of carbonyl (C=O) groups is 3. The Morgan fingerprint density at radius 2 is 1.55 bits per heavy atom. The molecule has 2 heterocycles. The summed E-state index contributed by atoms with van der Waals surface area (Å²) in [6.07, 6.45) is 0. The second-order valence-corrected chi connectivity index (χ2v) is 8.50. The number of carbonyl (C=O) groups excluding carboxylic acids is 3. The van der Waals surface area contributed by atoms with E-state index in [9.17, 15) is 14.4 Å². The first kappa shape index (κ1) is 20.7. The predicted molar refractivity (Wildman–Crippen MR) is 120 cm³/mol. The normalized spacial score (nSPS) is 10.6. The van der Waals surface area contributed by atoms with E-state index < -0.39 is 11.9 Å². The summed E-state index contributed by atoms with van der Waals surface area (Å²) in [6, 6.07) is 15.6. The summed E-state index contributed by atoms with van der Waals surface area (Å²) in [6.45, 7) is 0. The van der Waals surface area contributed by atoms with Gasteiger partial charge in [0, 0.05) is 5.69 Å². The van der Waals surface area contributed by atoms with E-state index >= 15 is 0 Å². The Morgan fingerprint density at radius 3 is 2.19 bits per heavy atom. The molecule has 2 aromatic carbocycles. The first-order valence-electron chi connectivity index (χ1n) is 9.07. The highest BCUT2D eigenvalue weighted by atomic mass is 32.1. The molecular formula is C22H16N2O5S2. The number of thiophene rings is 1. The van der Waals surface area contributed by atoms with Crippen LogP contribution in [0.25, 0.3) is 20.1 Å². The van der Waals surface area contributed by atoms with Crippen molar-refractivity contribution in [1.29, 1.82) is 0 Å². The molecule has 0 bridgehead atoms. The van der Waals surface area contributed by atoms with Crippen molar-refractivity contribution < 1.29 is 23.9 Å². The topological polar surface area (TPSA) is 94.6 Å². The van der Waals surface area contributed by atoms with Gasteiger partial charge in [-0.3, -0.25) is 4.79 Å². The summed E-state index contributed by atoms with van der Waals surface area (Å²) in [5.41, 5.74) is 1.45. The molecule has 4 rings (SSSR count). The van der Waals surface area contributed by atoms with Crippen LogP contribution in [0.15, 0.2) is 54.6 Å². The lowest BCUT2D eigenvalue weighted by Crippen LogP contribution is -2.13. The molecule has 1 amide bonds. The van der Waals surface area contributed by atoms with Gasteiger partial charge in [0.25, 0.3) is 5.91 Å². The Morgan fingerprint density at radius 1 is 0.871 bits per heavy atom. The van der Waals surface area contributed by atoms with Gasteiger partial charge in [0.1, 0.15) is 5.01 Å². The van der Waals surface area contributed by atoms with Crippen LogP contribution in [0.1, 0.15) is 30.4 Å². The van der Waals surface area contributed by atoms with Crippen molar-refractivity contribution in [3.05, 3.63) is 70.6 Å². The molecule has 0 atom stereocenters. The maximum Gasteiger partial charge on any atom is 0.337 e. The fourth-order valence-electron chi connectivity index (χ4n) is 2.92. The first-order chi connectivity index (χ1) is 15.0. The minimum atomic E-state index is -0.629. The van der Waals surface area contributed by atoms with Gasteiger partial charge in [-0.05, 0) is 42.5 Å². The number of para-hydroxylation sites is 1. The van der Waals surface area contributed by atoms with Crippen molar-refractivity contribution >= 4 is 56.4 Å². The molecule has 0 saturated heterocycles. The number of rotatable bonds is 5. The molecule has 156 valence electrons. The number of aromatic nitrogens is 1. The van der Waals surface area contributed by atoms with Gasteiger partial charge in [0.05, 0.1) is 45.3 Å². The number of hydrogen-bond acceptors (Lipinski definition) is 8. The van der Waals surface area contributed by atoms with Gasteiger partial charge in [-0.2, -0.15) is 0 Å². The number of fused-ring (bicyclic) bond motifs is 1. The van der Waals surface area contributed by atoms with Crippen molar-refractivity contribution in [1.82, 2.24) is 4.98 Å². The van der Waals surface area contributed by atoms with E-state index in [1.165, 1.54) is 43.8 Å². The molecule has 0 aliphatic heterocycles. The minimum absolute atomic E-state index is 0.127.